The summed E-state index contributed by atoms with van der Waals surface area (Å²) in [5, 5.41) is 16.9. The summed E-state index contributed by atoms with van der Waals surface area (Å²) in [5.41, 5.74) is 1.05. The SMILES string of the molecule is N#CCCN(Cc1cccnc1)c1ccc(Cl)nn1. The monoisotopic (exact) mass is 273 g/mol. The van der Waals surface area contributed by atoms with Crippen molar-refractivity contribution in [3.8, 4) is 6.07 Å². The molecule has 2 rings (SSSR count). The van der Waals surface area contributed by atoms with Crippen LogP contribution < -0.4 is 4.90 Å². The molecule has 0 radical (unpaired) electrons. The third-order valence-electron chi connectivity index (χ3n) is 2.53. The maximum absolute atomic E-state index is 8.73. The van der Waals surface area contributed by atoms with Gasteiger partial charge in [0.2, 0.25) is 0 Å². The fourth-order valence-corrected chi connectivity index (χ4v) is 1.75. The molecule has 0 aromatic carbocycles. The summed E-state index contributed by atoms with van der Waals surface area (Å²) in [7, 11) is 0. The highest BCUT2D eigenvalue weighted by Crippen LogP contribution is 2.15. The van der Waals surface area contributed by atoms with Crippen LogP contribution in [0, 0.1) is 11.3 Å². The zero-order chi connectivity index (χ0) is 13.5. The van der Waals surface area contributed by atoms with Crippen LogP contribution in [-0.2, 0) is 6.54 Å². The van der Waals surface area contributed by atoms with E-state index in [0.29, 0.717) is 30.5 Å². The first kappa shape index (κ1) is 13.2. The minimum Gasteiger partial charge on any atom is -0.350 e. The van der Waals surface area contributed by atoms with Crippen LogP contribution in [0.25, 0.3) is 0 Å². The lowest BCUT2D eigenvalue weighted by atomic mass is 10.2. The van der Waals surface area contributed by atoms with Crippen molar-refractivity contribution in [3.63, 3.8) is 0 Å². The Balaban J connectivity index is 2.16. The number of rotatable bonds is 5. The van der Waals surface area contributed by atoms with E-state index in [-0.39, 0.29) is 0 Å². The van der Waals surface area contributed by atoms with Gasteiger partial charge in [-0.3, -0.25) is 4.98 Å². The van der Waals surface area contributed by atoms with Crippen molar-refractivity contribution >= 4 is 17.4 Å². The quantitative estimate of drug-likeness (QED) is 0.837. The van der Waals surface area contributed by atoms with Crippen molar-refractivity contribution in [2.75, 3.05) is 11.4 Å². The van der Waals surface area contributed by atoms with E-state index in [9.17, 15) is 0 Å². The summed E-state index contributed by atoms with van der Waals surface area (Å²) in [6.45, 7) is 1.22. The largest absolute Gasteiger partial charge is 0.350 e. The number of nitriles is 1. The topological polar surface area (TPSA) is 65.7 Å². The van der Waals surface area contributed by atoms with Crippen LogP contribution in [0.4, 0.5) is 5.82 Å². The molecule has 2 aromatic rings. The van der Waals surface area contributed by atoms with Crippen LogP contribution in [0.2, 0.25) is 5.15 Å². The highest BCUT2D eigenvalue weighted by molar-refractivity contribution is 6.29. The molecule has 0 amide bonds. The molecule has 0 unspecified atom stereocenters. The minimum absolute atomic E-state index is 0.352. The van der Waals surface area contributed by atoms with Crippen LogP contribution in [-0.4, -0.2) is 21.7 Å². The highest BCUT2D eigenvalue weighted by atomic mass is 35.5. The molecule has 0 aliphatic heterocycles. The Hall–Kier alpha value is -2.19. The molecule has 5 nitrogen and oxygen atoms in total. The molecule has 2 aromatic heterocycles. The van der Waals surface area contributed by atoms with E-state index in [4.69, 9.17) is 16.9 Å². The standard InChI is InChI=1S/C13H12ClN5/c14-12-4-5-13(18-17-12)19(8-2-6-15)10-11-3-1-7-16-9-11/h1,3-5,7,9H,2,8,10H2. The third kappa shape index (κ3) is 3.90. The van der Waals surface area contributed by atoms with Crippen LogP contribution in [0.1, 0.15) is 12.0 Å². The van der Waals surface area contributed by atoms with Crippen molar-refractivity contribution in [2.45, 2.75) is 13.0 Å². The number of hydrogen-bond acceptors (Lipinski definition) is 5. The van der Waals surface area contributed by atoms with Crippen LogP contribution in [0.15, 0.2) is 36.7 Å². The highest BCUT2D eigenvalue weighted by Gasteiger charge is 2.09. The number of hydrogen-bond donors (Lipinski definition) is 0. The first-order valence-corrected chi connectivity index (χ1v) is 6.17. The van der Waals surface area contributed by atoms with E-state index in [0.717, 1.165) is 5.56 Å². The summed E-state index contributed by atoms with van der Waals surface area (Å²) < 4.78 is 0. The van der Waals surface area contributed by atoms with Crippen molar-refractivity contribution in [2.24, 2.45) is 0 Å². The molecular weight excluding hydrogens is 262 g/mol. The summed E-state index contributed by atoms with van der Waals surface area (Å²) >= 11 is 5.73. The van der Waals surface area contributed by atoms with Gasteiger partial charge in [0, 0.05) is 25.5 Å². The van der Waals surface area contributed by atoms with E-state index >= 15 is 0 Å². The van der Waals surface area contributed by atoms with Gasteiger partial charge in [-0.1, -0.05) is 17.7 Å². The van der Waals surface area contributed by atoms with E-state index in [2.05, 4.69) is 21.3 Å². The van der Waals surface area contributed by atoms with Crippen LogP contribution >= 0.6 is 11.6 Å². The maximum Gasteiger partial charge on any atom is 0.151 e. The van der Waals surface area contributed by atoms with Crippen LogP contribution in [0.3, 0.4) is 0 Å². The maximum atomic E-state index is 8.73. The number of anilines is 1. The zero-order valence-corrected chi connectivity index (χ0v) is 11.0. The van der Waals surface area contributed by atoms with Crippen molar-refractivity contribution in [1.29, 1.82) is 5.26 Å². The van der Waals surface area contributed by atoms with Gasteiger partial charge in [-0.05, 0) is 23.8 Å². The normalized spacial score (nSPS) is 9.89. The predicted molar refractivity (Wildman–Crippen MR) is 72.6 cm³/mol. The van der Waals surface area contributed by atoms with E-state index in [1.54, 1.807) is 24.5 Å². The molecule has 0 saturated carbocycles. The third-order valence-corrected chi connectivity index (χ3v) is 2.73. The first-order valence-electron chi connectivity index (χ1n) is 5.79. The Morgan fingerprint density at radius 2 is 2.16 bits per heavy atom. The lowest BCUT2D eigenvalue weighted by Gasteiger charge is -2.21. The molecule has 0 spiro atoms. The van der Waals surface area contributed by atoms with Crippen LogP contribution in [0.5, 0.6) is 0 Å². The van der Waals surface area contributed by atoms with Gasteiger partial charge in [0.15, 0.2) is 11.0 Å². The van der Waals surface area contributed by atoms with E-state index in [1.807, 2.05) is 17.0 Å². The number of nitrogens with zero attached hydrogens (tertiary/aromatic N) is 5. The second-order valence-electron chi connectivity index (χ2n) is 3.91. The molecule has 2 heterocycles. The summed E-state index contributed by atoms with van der Waals surface area (Å²) in [4.78, 5) is 6.05. The molecule has 0 atom stereocenters. The van der Waals surface area contributed by atoms with Gasteiger partial charge in [0.05, 0.1) is 12.5 Å². The smallest absolute Gasteiger partial charge is 0.151 e. The van der Waals surface area contributed by atoms with Gasteiger partial charge < -0.3 is 4.90 Å². The molecule has 0 aliphatic carbocycles. The molecule has 0 N–H and O–H groups in total. The van der Waals surface area contributed by atoms with Gasteiger partial charge in [-0.15, -0.1) is 10.2 Å². The van der Waals surface area contributed by atoms with E-state index in [1.165, 1.54) is 0 Å². The molecule has 96 valence electrons. The Kier molecular flexibility index (Phi) is 4.65. The minimum atomic E-state index is 0.352. The van der Waals surface area contributed by atoms with Gasteiger partial charge in [0.25, 0.3) is 0 Å². The van der Waals surface area contributed by atoms with Gasteiger partial charge >= 0.3 is 0 Å². The molecule has 19 heavy (non-hydrogen) atoms. The average molecular weight is 274 g/mol. The lowest BCUT2D eigenvalue weighted by molar-refractivity contribution is 0.767. The average Bonchev–Trinajstić information content (AvgIpc) is 2.45. The van der Waals surface area contributed by atoms with Crippen molar-refractivity contribution < 1.29 is 0 Å². The molecule has 0 saturated heterocycles. The first-order chi connectivity index (χ1) is 9.29. The fraction of sp³-hybridized carbons (Fsp3) is 0.231. The zero-order valence-electron chi connectivity index (χ0n) is 10.2. The lowest BCUT2D eigenvalue weighted by Crippen LogP contribution is -2.25. The molecule has 0 aliphatic rings. The number of pyridine rings is 1. The predicted octanol–water partition coefficient (Wildman–Crippen LogP) is 2.45. The molecule has 6 heteroatoms. The Morgan fingerprint density at radius 3 is 2.79 bits per heavy atom. The van der Waals surface area contributed by atoms with Gasteiger partial charge in [0.1, 0.15) is 0 Å². The fourth-order valence-electron chi connectivity index (χ4n) is 1.65. The summed E-state index contributed by atoms with van der Waals surface area (Å²) in [5.74, 6) is 0.698. The molecule has 0 bridgehead atoms. The van der Waals surface area contributed by atoms with Gasteiger partial charge in [-0.2, -0.15) is 5.26 Å². The number of aromatic nitrogens is 3. The second-order valence-corrected chi connectivity index (χ2v) is 4.29. The molecular formula is C13H12ClN5. The second kappa shape index (κ2) is 6.66. The Labute approximate surface area is 116 Å². The number of halogens is 1. The van der Waals surface area contributed by atoms with Crippen molar-refractivity contribution in [1.82, 2.24) is 15.2 Å². The van der Waals surface area contributed by atoms with E-state index < -0.39 is 0 Å². The summed E-state index contributed by atoms with van der Waals surface area (Å²) in [6.07, 6.45) is 3.94. The Morgan fingerprint density at radius 1 is 1.26 bits per heavy atom. The van der Waals surface area contributed by atoms with Gasteiger partial charge in [-0.25, -0.2) is 0 Å². The van der Waals surface area contributed by atoms with Crippen molar-refractivity contribution in [3.05, 3.63) is 47.4 Å². The Bertz CT molecular complexity index is 549. The summed E-state index contributed by atoms with van der Waals surface area (Å²) in [6, 6.07) is 9.48. The molecule has 0 fully saturated rings.